The van der Waals surface area contributed by atoms with Gasteiger partial charge in [-0.05, 0) is 25.2 Å². The van der Waals surface area contributed by atoms with Gasteiger partial charge >= 0.3 is 0 Å². The van der Waals surface area contributed by atoms with Gasteiger partial charge in [-0.2, -0.15) is 0 Å². The number of rotatable bonds is 5. The molecule has 1 radical (unpaired) electrons. The monoisotopic (exact) mass is 137 g/mol. The van der Waals surface area contributed by atoms with Crippen molar-refractivity contribution in [2.24, 2.45) is 5.92 Å². The molecule has 57 valence electrons. The summed E-state index contributed by atoms with van der Waals surface area (Å²) in [7, 11) is 0. The Morgan fingerprint density at radius 3 is 2.60 bits per heavy atom. The first-order valence-electron chi connectivity index (χ1n) is 4.01. The van der Waals surface area contributed by atoms with E-state index < -0.39 is 0 Å². The topological polar surface area (TPSA) is 0 Å². The normalized spacial score (nSPS) is 13.8. The summed E-state index contributed by atoms with van der Waals surface area (Å²) >= 11 is 0. The molecule has 0 heteroatoms. The molecule has 0 bridgehead atoms. The molecule has 0 nitrogen and oxygen atoms in total. The first-order valence-corrected chi connectivity index (χ1v) is 4.01. The lowest BCUT2D eigenvalue weighted by atomic mass is 10.1. The molecule has 0 spiro atoms. The van der Waals surface area contributed by atoms with Crippen LogP contribution in [0.25, 0.3) is 0 Å². The smallest absolute Gasteiger partial charge is 0.0256 e. The summed E-state index contributed by atoms with van der Waals surface area (Å²) in [5.41, 5.74) is 0. The van der Waals surface area contributed by atoms with Crippen LogP contribution in [0.15, 0.2) is 18.2 Å². The lowest BCUT2D eigenvalue weighted by Crippen LogP contribution is -1.85. The van der Waals surface area contributed by atoms with Crippen molar-refractivity contribution in [1.82, 2.24) is 0 Å². The van der Waals surface area contributed by atoms with Crippen molar-refractivity contribution in [2.45, 2.75) is 33.1 Å². The summed E-state index contributed by atoms with van der Waals surface area (Å²) in [6, 6.07) is 0. The zero-order valence-corrected chi connectivity index (χ0v) is 7.01. The van der Waals surface area contributed by atoms with Gasteiger partial charge in [-0.3, -0.25) is 0 Å². The van der Waals surface area contributed by atoms with Crippen LogP contribution >= 0.6 is 0 Å². The largest absolute Gasteiger partial charge is 0.0888 e. The van der Waals surface area contributed by atoms with E-state index in [4.69, 9.17) is 6.58 Å². The molecule has 0 heterocycles. The van der Waals surface area contributed by atoms with E-state index in [1.807, 2.05) is 0 Å². The quantitative estimate of drug-likeness (QED) is 0.510. The number of hydrogen-bond acceptors (Lipinski definition) is 0. The molecular weight excluding hydrogens is 120 g/mol. The van der Waals surface area contributed by atoms with Crippen LogP contribution in [0.3, 0.4) is 0 Å². The Hall–Kier alpha value is -0.520. The van der Waals surface area contributed by atoms with Gasteiger partial charge in [0.05, 0.1) is 0 Å². The van der Waals surface area contributed by atoms with Gasteiger partial charge in [0.2, 0.25) is 0 Å². The molecule has 0 saturated heterocycles. The van der Waals surface area contributed by atoms with Crippen LogP contribution in [0, 0.1) is 12.5 Å². The van der Waals surface area contributed by atoms with Crippen LogP contribution in [-0.2, 0) is 0 Å². The highest BCUT2D eigenvalue weighted by molar-refractivity contribution is 4.82. The zero-order valence-electron chi connectivity index (χ0n) is 7.01. The molecule has 0 aromatic carbocycles. The van der Waals surface area contributed by atoms with Crippen LogP contribution in [0.1, 0.15) is 33.1 Å². The molecule has 0 aromatic heterocycles. The zero-order chi connectivity index (χ0) is 7.82. The SMILES string of the molecule is [CH]=CC(C)CCC=CCC. The summed E-state index contributed by atoms with van der Waals surface area (Å²) in [5.74, 6) is 0.557. The summed E-state index contributed by atoms with van der Waals surface area (Å²) in [6.07, 6.45) is 9.65. The Balaban J connectivity index is 3.18. The minimum absolute atomic E-state index is 0.557. The Kier molecular flexibility index (Phi) is 6.25. The molecule has 0 aromatic rings. The van der Waals surface area contributed by atoms with Crippen molar-refractivity contribution in [3.8, 4) is 0 Å². The van der Waals surface area contributed by atoms with E-state index in [1.165, 1.54) is 6.42 Å². The fourth-order valence-corrected chi connectivity index (χ4v) is 0.740. The predicted octanol–water partition coefficient (Wildman–Crippen LogP) is 3.36. The van der Waals surface area contributed by atoms with Gasteiger partial charge in [0.25, 0.3) is 0 Å². The highest BCUT2D eigenvalue weighted by Gasteiger charge is 1.91. The average Bonchev–Trinajstić information content (AvgIpc) is 1.98. The highest BCUT2D eigenvalue weighted by Crippen LogP contribution is 2.06. The maximum Gasteiger partial charge on any atom is -0.0256 e. The summed E-state index contributed by atoms with van der Waals surface area (Å²) in [5, 5.41) is 0. The van der Waals surface area contributed by atoms with E-state index >= 15 is 0 Å². The van der Waals surface area contributed by atoms with Crippen molar-refractivity contribution in [2.75, 3.05) is 0 Å². The van der Waals surface area contributed by atoms with E-state index in [0.29, 0.717) is 5.92 Å². The summed E-state index contributed by atoms with van der Waals surface area (Å²) < 4.78 is 0. The maximum absolute atomic E-state index is 5.34. The second kappa shape index (κ2) is 6.60. The molecule has 0 saturated carbocycles. The summed E-state index contributed by atoms with van der Waals surface area (Å²) in [4.78, 5) is 0. The average molecular weight is 137 g/mol. The van der Waals surface area contributed by atoms with E-state index in [0.717, 1.165) is 12.8 Å². The second-order valence-corrected chi connectivity index (χ2v) is 2.63. The minimum Gasteiger partial charge on any atom is -0.0888 e. The van der Waals surface area contributed by atoms with Crippen LogP contribution in [0.2, 0.25) is 0 Å². The van der Waals surface area contributed by atoms with Gasteiger partial charge in [0, 0.05) is 0 Å². The predicted molar refractivity (Wildman–Crippen MR) is 46.7 cm³/mol. The Labute approximate surface area is 64.6 Å². The summed E-state index contributed by atoms with van der Waals surface area (Å²) in [6.45, 7) is 9.62. The Bertz CT molecular complexity index is 101. The fraction of sp³-hybridized carbons (Fsp3) is 0.600. The van der Waals surface area contributed by atoms with Gasteiger partial charge in [-0.15, -0.1) is 0 Å². The maximum atomic E-state index is 5.34. The molecule has 1 atom stereocenters. The molecule has 0 rings (SSSR count). The van der Waals surface area contributed by atoms with Gasteiger partial charge in [0.1, 0.15) is 0 Å². The first kappa shape index (κ1) is 9.48. The van der Waals surface area contributed by atoms with Crippen molar-refractivity contribution in [3.05, 3.63) is 24.8 Å². The lowest BCUT2D eigenvalue weighted by Gasteiger charge is -1.99. The highest BCUT2D eigenvalue weighted by atomic mass is 14.0. The molecule has 0 fully saturated rings. The van der Waals surface area contributed by atoms with Crippen molar-refractivity contribution >= 4 is 0 Å². The number of hydrogen-bond donors (Lipinski definition) is 0. The molecule has 0 aliphatic carbocycles. The van der Waals surface area contributed by atoms with E-state index in [-0.39, 0.29) is 0 Å². The molecule has 10 heavy (non-hydrogen) atoms. The van der Waals surface area contributed by atoms with Crippen molar-refractivity contribution in [3.63, 3.8) is 0 Å². The van der Waals surface area contributed by atoms with Crippen LogP contribution < -0.4 is 0 Å². The third-order valence-corrected chi connectivity index (χ3v) is 1.52. The molecule has 0 N–H and O–H groups in total. The van der Waals surface area contributed by atoms with Crippen LogP contribution in [0.5, 0.6) is 0 Å². The van der Waals surface area contributed by atoms with Crippen molar-refractivity contribution < 1.29 is 0 Å². The third-order valence-electron chi connectivity index (χ3n) is 1.52. The lowest BCUT2D eigenvalue weighted by molar-refractivity contribution is 0.657. The number of allylic oxidation sites excluding steroid dienone is 3. The van der Waals surface area contributed by atoms with E-state index in [2.05, 4.69) is 26.0 Å². The molecule has 0 aliphatic rings. The molecule has 1 unspecified atom stereocenters. The van der Waals surface area contributed by atoms with E-state index in [1.54, 1.807) is 6.08 Å². The van der Waals surface area contributed by atoms with Gasteiger partial charge in [-0.1, -0.05) is 38.7 Å². The van der Waals surface area contributed by atoms with Crippen LogP contribution in [-0.4, -0.2) is 0 Å². The standard InChI is InChI=1S/C10H17/c1-4-6-7-8-9-10(3)5-2/h2,5-7,10H,4,8-9H2,1,3H3. The fourth-order valence-electron chi connectivity index (χ4n) is 0.740. The minimum atomic E-state index is 0.557. The third kappa shape index (κ3) is 5.61. The molecule has 0 aliphatic heterocycles. The first-order chi connectivity index (χ1) is 4.81. The molecular formula is C10H17. The van der Waals surface area contributed by atoms with E-state index in [9.17, 15) is 0 Å². The van der Waals surface area contributed by atoms with Gasteiger partial charge in [0.15, 0.2) is 0 Å². The van der Waals surface area contributed by atoms with Gasteiger partial charge < -0.3 is 0 Å². The van der Waals surface area contributed by atoms with Crippen LogP contribution in [0.4, 0.5) is 0 Å². The van der Waals surface area contributed by atoms with Crippen molar-refractivity contribution in [1.29, 1.82) is 0 Å². The Morgan fingerprint density at radius 2 is 2.10 bits per heavy atom. The Morgan fingerprint density at radius 1 is 1.40 bits per heavy atom. The molecule has 0 amide bonds. The second-order valence-electron chi connectivity index (χ2n) is 2.63. The van der Waals surface area contributed by atoms with Gasteiger partial charge in [-0.25, -0.2) is 0 Å².